The lowest BCUT2D eigenvalue weighted by molar-refractivity contribution is -0.385. The average Bonchev–Trinajstić information content (AvgIpc) is 3.40. The van der Waals surface area contributed by atoms with Gasteiger partial charge in [-0.3, -0.25) is 19.6 Å². The number of nitro benzene ring substituents is 1. The Morgan fingerprint density at radius 3 is 2.64 bits per heavy atom. The Bertz CT molecular complexity index is 1090. The van der Waals surface area contributed by atoms with Gasteiger partial charge in [0.2, 0.25) is 5.91 Å². The fourth-order valence-corrected chi connectivity index (χ4v) is 4.76. The summed E-state index contributed by atoms with van der Waals surface area (Å²) in [5.74, 6) is 0.264. The van der Waals surface area contributed by atoms with E-state index in [2.05, 4.69) is 4.72 Å². The number of hydrogen-bond acceptors (Lipinski definition) is 5. The molecule has 2 aliphatic rings. The molecule has 1 N–H and O–H groups in total. The first-order chi connectivity index (χ1) is 13.3. The minimum absolute atomic E-state index is 0.126. The van der Waals surface area contributed by atoms with Crippen molar-refractivity contribution in [3.8, 4) is 0 Å². The zero-order chi connectivity index (χ0) is 20.1. The van der Waals surface area contributed by atoms with E-state index in [1.165, 1.54) is 12.1 Å². The monoisotopic (exact) mass is 401 g/mol. The van der Waals surface area contributed by atoms with Gasteiger partial charge in [0.05, 0.1) is 9.82 Å². The Balaban J connectivity index is 1.60. The zero-order valence-corrected chi connectivity index (χ0v) is 16.0. The number of benzene rings is 2. The summed E-state index contributed by atoms with van der Waals surface area (Å²) in [6.07, 6.45) is 2.54. The molecule has 1 heterocycles. The minimum Gasteiger partial charge on any atom is -0.312 e. The molecule has 0 unspecified atom stereocenters. The number of aryl methyl sites for hydroxylation is 1. The van der Waals surface area contributed by atoms with E-state index in [0.717, 1.165) is 30.2 Å². The smallest absolute Gasteiger partial charge is 0.270 e. The molecule has 0 saturated heterocycles. The molecular weight excluding hydrogens is 382 g/mol. The molecule has 2 aromatic carbocycles. The normalized spacial score (nSPS) is 16.0. The molecule has 28 heavy (non-hydrogen) atoms. The van der Waals surface area contributed by atoms with Gasteiger partial charge in [0.15, 0.2) is 0 Å². The third kappa shape index (κ3) is 3.33. The van der Waals surface area contributed by atoms with E-state index < -0.39 is 14.9 Å². The maximum Gasteiger partial charge on any atom is 0.270 e. The Morgan fingerprint density at radius 2 is 1.96 bits per heavy atom. The molecule has 1 aliphatic carbocycles. The van der Waals surface area contributed by atoms with Gasteiger partial charge in [0, 0.05) is 36.0 Å². The van der Waals surface area contributed by atoms with Gasteiger partial charge in [-0.1, -0.05) is 6.07 Å². The van der Waals surface area contributed by atoms with Crippen molar-refractivity contribution in [2.75, 3.05) is 16.2 Å². The summed E-state index contributed by atoms with van der Waals surface area (Å²) >= 11 is 0. The number of rotatable bonds is 5. The number of amides is 1. The van der Waals surface area contributed by atoms with Crippen molar-refractivity contribution in [1.82, 2.24) is 0 Å². The molecule has 146 valence electrons. The van der Waals surface area contributed by atoms with Crippen molar-refractivity contribution >= 4 is 33.0 Å². The Labute approximate surface area is 162 Å². The fraction of sp³-hybridized carbons (Fsp3) is 0.316. The first-order valence-electron chi connectivity index (χ1n) is 8.98. The molecule has 0 aromatic heterocycles. The maximum absolute atomic E-state index is 12.8. The van der Waals surface area contributed by atoms with Gasteiger partial charge in [-0.25, -0.2) is 8.42 Å². The molecule has 0 radical (unpaired) electrons. The maximum atomic E-state index is 12.8. The zero-order valence-electron chi connectivity index (χ0n) is 15.2. The van der Waals surface area contributed by atoms with Gasteiger partial charge in [-0.15, -0.1) is 0 Å². The third-order valence-electron chi connectivity index (χ3n) is 5.09. The standard InChI is InChI=1S/C19H19N3O5S/c1-12-2-6-16(22(24)25)11-18(12)28(26,27)20-15-5-7-17-14(10-15)8-9-21(17)19(23)13-3-4-13/h2,5-7,10-11,13,20H,3-4,8-9H2,1H3. The molecular formula is C19H19N3O5S. The molecule has 9 heteroatoms. The van der Waals surface area contributed by atoms with Crippen LogP contribution in [0.15, 0.2) is 41.3 Å². The van der Waals surface area contributed by atoms with Crippen molar-refractivity contribution < 1.29 is 18.1 Å². The molecule has 1 amide bonds. The lowest BCUT2D eigenvalue weighted by Crippen LogP contribution is -2.30. The SMILES string of the molecule is Cc1ccc([N+](=O)[O-])cc1S(=O)(=O)Nc1ccc2c(c1)CCN2C(=O)C1CC1. The fourth-order valence-electron chi connectivity index (χ4n) is 3.45. The van der Waals surface area contributed by atoms with Crippen LogP contribution in [0.1, 0.15) is 24.0 Å². The van der Waals surface area contributed by atoms with Gasteiger partial charge in [0.1, 0.15) is 0 Å². The molecule has 0 bridgehead atoms. The second-order valence-electron chi connectivity index (χ2n) is 7.17. The number of nitrogens with one attached hydrogen (secondary N) is 1. The quantitative estimate of drug-likeness (QED) is 0.612. The Kier molecular flexibility index (Phi) is 4.34. The van der Waals surface area contributed by atoms with Crippen LogP contribution in [-0.4, -0.2) is 25.8 Å². The summed E-state index contributed by atoms with van der Waals surface area (Å²) in [7, 11) is -3.99. The highest BCUT2D eigenvalue weighted by molar-refractivity contribution is 7.92. The summed E-state index contributed by atoms with van der Waals surface area (Å²) in [5.41, 5.74) is 2.23. The Morgan fingerprint density at radius 1 is 1.21 bits per heavy atom. The van der Waals surface area contributed by atoms with E-state index in [9.17, 15) is 23.3 Å². The molecule has 1 fully saturated rings. The number of carbonyl (C=O) groups excluding carboxylic acids is 1. The number of sulfonamides is 1. The van der Waals surface area contributed by atoms with Crippen LogP contribution >= 0.6 is 0 Å². The first-order valence-corrected chi connectivity index (χ1v) is 10.5. The summed E-state index contributed by atoms with van der Waals surface area (Å²) in [5, 5.41) is 11.0. The second kappa shape index (κ2) is 6.59. The van der Waals surface area contributed by atoms with E-state index in [0.29, 0.717) is 24.2 Å². The number of hydrogen-bond donors (Lipinski definition) is 1. The van der Waals surface area contributed by atoms with Crippen LogP contribution in [0.2, 0.25) is 0 Å². The minimum atomic E-state index is -3.99. The van der Waals surface area contributed by atoms with Crippen LogP contribution in [-0.2, 0) is 21.2 Å². The van der Waals surface area contributed by atoms with Crippen molar-refractivity contribution in [2.45, 2.75) is 31.1 Å². The summed E-state index contributed by atoms with van der Waals surface area (Å²) in [6, 6.07) is 8.83. The number of nitro groups is 1. The van der Waals surface area contributed by atoms with E-state index in [4.69, 9.17) is 0 Å². The predicted molar refractivity (Wildman–Crippen MR) is 104 cm³/mol. The largest absolute Gasteiger partial charge is 0.312 e. The van der Waals surface area contributed by atoms with Crippen molar-refractivity contribution in [1.29, 1.82) is 0 Å². The van der Waals surface area contributed by atoms with Gasteiger partial charge < -0.3 is 4.90 Å². The van der Waals surface area contributed by atoms with E-state index >= 15 is 0 Å². The highest BCUT2D eigenvalue weighted by Crippen LogP contribution is 2.37. The summed E-state index contributed by atoms with van der Waals surface area (Å²) in [6.45, 7) is 2.19. The molecule has 4 rings (SSSR count). The second-order valence-corrected chi connectivity index (χ2v) is 8.82. The molecule has 0 spiro atoms. The molecule has 1 saturated carbocycles. The predicted octanol–water partition coefficient (Wildman–Crippen LogP) is 3.00. The van der Waals surface area contributed by atoms with Crippen LogP contribution in [0.25, 0.3) is 0 Å². The van der Waals surface area contributed by atoms with Crippen LogP contribution < -0.4 is 9.62 Å². The molecule has 0 atom stereocenters. The highest BCUT2D eigenvalue weighted by atomic mass is 32.2. The number of fused-ring (bicyclic) bond motifs is 1. The van der Waals surface area contributed by atoms with Crippen molar-refractivity contribution in [3.63, 3.8) is 0 Å². The van der Waals surface area contributed by atoms with Gasteiger partial charge >= 0.3 is 0 Å². The highest BCUT2D eigenvalue weighted by Gasteiger charge is 2.36. The lowest BCUT2D eigenvalue weighted by Gasteiger charge is -2.17. The lowest BCUT2D eigenvalue weighted by atomic mass is 10.1. The molecule has 2 aromatic rings. The van der Waals surface area contributed by atoms with Crippen LogP contribution in [0.4, 0.5) is 17.1 Å². The van der Waals surface area contributed by atoms with Gasteiger partial charge in [0.25, 0.3) is 15.7 Å². The summed E-state index contributed by atoms with van der Waals surface area (Å²) in [4.78, 5) is 24.3. The first kappa shape index (κ1) is 18.4. The van der Waals surface area contributed by atoms with Crippen LogP contribution in [0.5, 0.6) is 0 Å². The van der Waals surface area contributed by atoms with E-state index in [1.807, 2.05) is 0 Å². The number of nitrogens with zero attached hydrogens (tertiary/aromatic N) is 2. The number of non-ortho nitro benzene ring substituents is 1. The number of anilines is 2. The van der Waals surface area contributed by atoms with Crippen LogP contribution in [0.3, 0.4) is 0 Å². The summed E-state index contributed by atoms with van der Waals surface area (Å²) < 4.78 is 28.0. The van der Waals surface area contributed by atoms with Gasteiger partial charge in [-0.2, -0.15) is 0 Å². The van der Waals surface area contributed by atoms with Crippen LogP contribution in [0, 0.1) is 23.0 Å². The van der Waals surface area contributed by atoms with E-state index in [-0.39, 0.29) is 22.4 Å². The van der Waals surface area contributed by atoms with Gasteiger partial charge in [-0.05, 0) is 55.5 Å². The molecule has 1 aliphatic heterocycles. The number of carbonyl (C=O) groups is 1. The Hall–Kier alpha value is -2.94. The van der Waals surface area contributed by atoms with Crippen molar-refractivity contribution in [2.24, 2.45) is 5.92 Å². The average molecular weight is 401 g/mol. The van der Waals surface area contributed by atoms with E-state index in [1.54, 1.807) is 30.0 Å². The molecule has 8 nitrogen and oxygen atoms in total. The third-order valence-corrected chi connectivity index (χ3v) is 6.62. The topological polar surface area (TPSA) is 110 Å². The van der Waals surface area contributed by atoms with Crippen molar-refractivity contribution in [3.05, 3.63) is 57.6 Å².